The van der Waals surface area contributed by atoms with Crippen LogP contribution in [-0.2, 0) is 5.41 Å². The largest absolute Gasteiger partial charge is 0.296 e. The van der Waals surface area contributed by atoms with E-state index in [0.29, 0.717) is 5.69 Å². The highest BCUT2D eigenvalue weighted by Gasteiger charge is 2.19. The van der Waals surface area contributed by atoms with Gasteiger partial charge in [-0.25, -0.2) is 4.98 Å². The predicted octanol–water partition coefficient (Wildman–Crippen LogP) is 4.48. The van der Waals surface area contributed by atoms with Gasteiger partial charge in [-0.1, -0.05) is 32.9 Å². The normalized spacial score (nSPS) is 12.0. The van der Waals surface area contributed by atoms with Gasteiger partial charge in [0.2, 0.25) is 0 Å². The minimum absolute atomic E-state index is 0.0703. The molecule has 0 amide bonds. The van der Waals surface area contributed by atoms with Crippen LogP contribution in [0.1, 0.15) is 42.4 Å². The van der Waals surface area contributed by atoms with E-state index in [1.54, 1.807) is 11.3 Å². The van der Waals surface area contributed by atoms with E-state index in [9.17, 15) is 4.79 Å². The number of thiazole rings is 1. The van der Waals surface area contributed by atoms with E-state index in [0.717, 1.165) is 28.1 Å². The molecule has 3 rings (SSSR count). The Kier molecular flexibility index (Phi) is 3.21. The van der Waals surface area contributed by atoms with Crippen LogP contribution in [0.3, 0.4) is 0 Å². The number of rotatable bonds is 2. The van der Waals surface area contributed by atoms with E-state index >= 15 is 0 Å². The zero-order chi connectivity index (χ0) is 15.2. The highest BCUT2D eigenvalue weighted by atomic mass is 32.1. The Hall–Kier alpha value is -1.94. The number of hydrogen-bond acceptors (Lipinski definition) is 3. The molecule has 0 N–H and O–H groups in total. The van der Waals surface area contributed by atoms with Crippen molar-refractivity contribution in [1.82, 2.24) is 9.38 Å². The summed E-state index contributed by atoms with van der Waals surface area (Å²) >= 11 is 1.54. The molecule has 0 unspecified atom stereocenters. The van der Waals surface area contributed by atoms with Gasteiger partial charge in [0.15, 0.2) is 11.2 Å². The van der Waals surface area contributed by atoms with E-state index in [1.165, 1.54) is 5.56 Å². The highest BCUT2D eigenvalue weighted by molar-refractivity contribution is 7.15. The molecule has 0 bridgehead atoms. The average molecular weight is 298 g/mol. The number of carbonyl (C=O) groups excluding carboxylic acids is 1. The van der Waals surface area contributed by atoms with Crippen molar-refractivity contribution in [3.63, 3.8) is 0 Å². The van der Waals surface area contributed by atoms with Crippen molar-refractivity contribution in [2.24, 2.45) is 0 Å². The van der Waals surface area contributed by atoms with Gasteiger partial charge in [-0.05, 0) is 29.5 Å². The monoisotopic (exact) mass is 298 g/mol. The Morgan fingerprint density at radius 1 is 1.29 bits per heavy atom. The average Bonchev–Trinajstić information content (AvgIpc) is 2.97. The van der Waals surface area contributed by atoms with Gasteiger partial charge in [0.1, 0.15) is 11.4 Å². The second-order valence-electron chi connectivity index (χ2n) is 6.30. The fraction of sp³-hybridized carbons (Fsp3) is 0.294. The summed E-state index contributed by atoms with van der Waals surface area (Å²) in [4.78, 5) is 17.0. The molecule has 2 aromatic heterocycles. The Bertz CT molecular complexity index is 821. The van der Waals surface area contributed by atoms with Gasteiger partial charge >= 0.3 is 0 Å². The number of carbonyl (C=O) groups is 1. The van der Waals surface area contributed by atoms with Crippen LogP contribution in [0.15, 0.2) is 29.8 Å². The van der Waals surface area contributed by atoms with Crippen LogP contribution in [0.5, 0.6) is 0 Å². The molecular formula is C17H18N2OS. The lowest BCUT2D eigenvalue weighted by Gasteiger charge is -2.20. The lowest BCUT2D eigenvalue weighted by molar-refractivity contribution is 0.111. The maximum Gasteiger partial charge on any atom is 0.194 e. The SMILES string of the molecule is Cc1ccc(C(C)(C)C)cc1-c1nc2sccn2c1C=O. The molecule has 21 heavy (non-hydrogen) atoms. The number of aromatic nitrogens is 2. The highest BCUT2D eigenvalue weighted by Crippen LogP contribution is 2.32. The van der Waals surface area contributed by atoms with Gasteiger partial charge in [-0.15, -0.1) is 11.3 Å². The Labute approximate surface area is 128 Å². The maximum atomic E-state index is 11.5. The summed E-state index contributed by atoms with van der Waals surface area (Å²) in [5.41, 5.74) is 4.90. The van der Waals surface area contributed by atoms with Crippen molar-refractivity contribution in [2.75, 3.05) is 0 Å². The van der Waals surface area contributed by atoms with E-state index in [4.69, 9.17) is 0 Å². The Morgan fingerprint density at radius 2 is 2.05 bits per heavy atom. The van der Waals surface area contributed by atoms with Crippen molar-refractivity contribution in [2.45, 2.75) is 33.1 Å². The Morgan fingerprint density at radius 3 is 2.71 bits per heavy atom. The first-order valence-corrected chi connectivity index (χ1v) is 7.82. The first-order valence-electron chi connectivity index (χ1n) is 6.94. The molecule has 0 saturated heterocycles. The molecular weight excluding hydrogens is 280 g/mol. The summed E-state index contributed by atoms with van der Waals surface area (Å²) in [7, 11) is 0. The maximum absolute atomic E-state index is 11.5. The molecule has 1 aromatic carbocycles. The smallest absolute Gasteiger partial charge is 0.194 e. The number of aldehydes is 1. The molecule has 0 fully saturated rings. The van der Waals surface area contributed by atoms with Gasteiger partial charge in [0, 0.05) is 17.1 Å². The summed E-state index contributed by atoms with van der Waals surface area (Å²) in [5, 5.41) is 1.94. The van der Waals surface area contributed by atoms with Gasteiger partial charge < -0.3 is 0 Å². The van der Waals surface area contributed by atoms with Crippen molar-refractivity contribution in [1.29, 1.82) is 0 Å². The van der Waals surface area contributed by atoms with Crippen molar-refractivity contribution in [3.05, 3.63) is 46.6 Å². The zero-order valence-corrected chi connectivity index (χ0v) is 13.5. The number of benzene rings is 1. The fourth-order valence-electron chi connectivity index (χ4n) is 2.46. The standard InChI is InChI=1S/C17H18N2OS/c1-11-5-6-12(17(2,3)4)9-13(11)15-14(10-20)19-7-8-21-16(19)18-15/h5-10H,1-4H3. The van der Waals surface area contributed by atoms with Gasteiger partial charge in [0.05, 0.1) is 0 Å². The molecule has 108 valence electrons. The fourth-order valence-corrected chi connectivity index (χ4v) is 3.18. The first-order chi connectivity index (χ1) is 9.91. The minimum atomic E-state index is 0.0703. The van der Waals surface area contributed by atoms with Crippen LogP contribution in [0.25, 0.3) is 16.2 Å². The molecule has 0 atom stereocenters. The number of hydrogen-bond donors (Lipinski definition) is 0. The molecule has 3 aromatic rings. The molecule has 4 heteroatoms. The topological polar surface area (TPSA) is 34.4 Å². The van der Waals surface area contributed by atoms with Crippen LogP contribution >= 0.6 is 11.3 Å². The Balaban J connectivity index is 2.27. The third kappa shape index (κ3) is 2.29. The third-order valence-electron chi connectivity index (χ3n) is 3.77. The molecule has 0 radical (unpaired) electrons. The number of fused-ring (bicyclic) bond motifs is 1. The second kappa shape index (κ2) is 4.81. The second-order valence-corrected chi connectivity index (χ2v) is 7.17. The van der Waals surface area contributed by atoms with Crippen LogP contribution in [0.2, 0.25) is 0 Å². The summed E-state index contributed by atoms with van der Waals surface area (Å²) in [5.74, 6) is 0. The van der Waals surface area contributed by atoms with Gasteiger partial charge in [-0.2, -0.15) is 0 Å². The summed E-state index contributed by atoms with van der Waals surface area (Å²) in [6.45, 7) is 8.62. The van der Waals surface area contributed by atoms with Crippen LogP contribution in [-0.4, -0.2) is 15.7 Å². The zero-order valence-electron chi connectivity index (χ0n) is 12.7. The van der Waals surface area contributed by atoms with Crippen LogP contribution in [0, 0.1) is 6.92 Å². The number of imidazole rings is 1. The molecule has 0 saturated carbocycles. The quantitative estimate of drug-likeness (QED) is 0.654. The lowest BCUT2D eigenvalue weighted by atomic mass is 9.85. The van der Waals surface area contributed by atoms with Crippen molar-refractivity contribution >= 4 is 22.6 Å². The van der Waals surface area contributed by atoms with Crippen LogP contribution in [0.4, 0.5) is 0 Å². The third-order valence-corrected chi connectivity index (χ3v) is 4.53. The molecule has 0 aliphatic rings. The summed E-state index contributed by atoms with van der Waals surface area (Å²) in [6, 6.07) is 6.42. The molecule has 3 nitrogen and oxygen atoms in total. The summed E-state index contributed by atoms with van der Waals surface area (Å²) < 4.78 is 1.86. The van der Waals surface area contributed by atoms with E-state index in [-0.39, 0.29) is 5.41 Å². The number of nitrogens with zero attached hydrogens (tertiary/aromatic N) is 2. The number of aryl methyl sites for hydroxylation is 1. The van der Waals surface area contributed by atoms with Gasteiger partial charge in [-0.3, -0.25) is 9.20 Å². The van der Waals surface area contributed by atoms with E-state index in [2.05, 4.69) is 50.9 Å². The lowest BCUT2D eigenvalue weighted by Crippen LogP contribution is -2.11. The van der Waals surface area contributed by atoms with E-state index < -0.39 is 0 Å². The molecule has 0 aliphatic heterocycles. The molecule has 0 spiro atoms. The van der Waals surface area contributed by atoms with Gasteiger partial charge in [0.25, 0.3) is 0 Å². The summed E-state index contributed by atoms with van der Waals surface area (Å²) in [6.07, 6.45) is 2.79. The first kappa shape index (κ1) is 14.0. The molecule has 2 heterocycles. The predicted molar refractivity (Wildman–Crippen MR) is 87.3 cm³/mol. The minimum Gasteiger partial charge on any atom is -0.296 e. The van der Waals surface area contributed by atoms with Crippen molar-refractivity contribution < 1.29 is 4.79 Å². The van der Waals surface area contributed by atoms with E-state index in [1.807, 2.05) is 16.0 Å². The molecule has 0 aliphatic carbocycles. The van der Waals surface area contributed by atoms with Crippen molar-refractivity contribution in [3.8, 4) is 11.3 Å². The van der Waals surface area contributed by atoms with Crippen LogP contribution < -0.4 is 0 Å².